The smallest absolute Gasteiger partial charge is 0.326 e. The summed E-state index contributed by atoms with van der Waals surface area (Å²) in [7, 11) is 0. The van der Waals surface area contributed by atoms with Crippen LogP contribution < -0.4 is 16.8 Å². The van der Waals surface area contributed by atoms with E-state index in [4.69, 9.17) is 5.11 Å². The van der Waals surface area contributed by atoms with E-state index in [1.165, 1.54) is 4.90 Å². The number of nitrogens with one attached hydrogen (secondary N) is 2. The Kier molecular flexibility index (Phi) is 12.8. The summed E-state index contributed by atoms with van der Waals surface area (Å²) in [6.45, 7) is 0.621. The van der Waals surface area contributed by atoms with Gasteiger partial charge >= 0.3 is 17.9 Å². The molecule has 1 aliphatic rings. The van der Waals surface area contributed by atoms with Crippen LogP contribution in [0, 0.1) is 0 Å². The molecule has 1 aromatic rings. The standard InChI is InChI=1S/C23H33N3O7.H3N/c27-20(28)15-24-13-5-4-9-17(21(29)26-14-6-10-19(26)23(32)33)25-18(22(30)31)12-11-16-7-2-1-3-8-16;/h1-3,7-8,17-19,24-25H,4-6,9-15H2,(H,27,28)(H,30,31)(H,32,33);1H3/t17-,18-,19-;/m0./s1. The first kappa shape index (κ1) is 29.0. The molecule has 0 radical (unpaired) electrons. The van der Waals surface area contributed by atoms with Crippen LogP contribution in [0.3, 0.4) is 0 Å². The molecule has 8 N–H and O–H groups in total. The molecule has 0 aliphatic carbocycles. The van der Waals surface area contributed by atoms with Crippen molar-refractivity contribution in [2.75, 3.05) is 19.6 Å². The second-order valence-electron chi connectivity index (χ2n) is 8.23. The van der Waals surface area contributed by atoms with E-state index in [-0.39, 0.29) is 19.1 Å². The lowest BCUT2D eigenvalue weighted by atomic mass is 10.0. The number of carbonyl (C=O) groups is 4. The molecule has 190 valence electrons. The topological polar surface area (TPSA) is 191 Å². The third-order valence-corrected chi connectivity index (χ3v) is 5.76. The van der Waals surface area contributed by atoms with Crippen LogP contribution in [0.25, 0.3) is 0 Å². The SMILES string of the molecule is N.O=C(O)CNCCCC[C@H](N[C@@H](CCc1ccccc1)C(=O)O)C(=O)N1CCC[C@H]1C(=O)O. The first-order valence-electron chi connectivity index (χ1n) is 11.3. The molecule has 0 bridgehead atoms. The molecule has 1 heterocycles. The number of carbonyl (C=O) groups excluding carboxylic acids is 1. The number of likely N-dealkylation sites (tertiary alicyclic amines) is 1. The molecule has 0 spiro atoms. The number of rotatable bonds is 15. The minimum absolute atomic E-state index is 0. The van der Waals surface area contributed by atoms with Gasteiger partial charge in [-0.25, -0.2) is 4.79 Å². The van der Waals surface area contributed by atoms with Crippen LogP contribution in [-0.4, -0.2) is 81.8 Å². The summed E-state index contributed by atoms with van der Waals surface area (Å²) in [4.78, 5) is 48.6. The van der Waals surface area contributed by atoms with Crippen LogP contribution in [-0.2, 0) is 25.6 Å². The highest BCUT2D eigenvalue weighted by Gasteiger charge is 2.38. The fourth-order valence-electron chi connectivity index (χ4n) is 4.04. The van der Waals surface area contributed by atoms with E-state index in [9.17, 15) is 29.4 Å². The summed E-state index contributed by atoms with van der Waals surface area (Å²) >= 11 is 0. The first-order valence-corrected chi connectivity index (χ1v) is 11.3. The van der Waals surface area contributed by atoms with Crippen molar-refractivity contribution >= 4 is 23.8 Å². The van der Waals surface area contributed by atoms with Crippen molar-refractivity contribution in [3.63, 3.8) is 0 Å². The van der Waals surface area contributed by atoms with Gasteiger partial charge in [0.25, 0.3) is 0 Å². The van der Waals surface area contributed by atoms with Gasteiger partial charge in [-0.1, -0.05) is 36.8 Å². The first-order chi connectivity index (χ1) is 15.8. The van der Waals surface area contributed by atoms with E-state index < -0.39 is 41.9 Å². The van der Waals surface area contributed by atoms with Crippen LogP contribution >= 0.6 is 0 Å². The Morgan fingerprint density at radius 2 is 1.71 bits per heavy atom. The predicted octanol–water partition coefficient (Wildman–Crippen LogP) is 1.11. The monoisotopic (exact) mass is 480 g/mol. The molecule has 34 heavy (non-hydrogen) atoms. The minimum Gasteiger partial charge on any atom is -0.480 e. The summed E-state index contributed by atoms with van der Waals surface area (Å²) < 4.78 is 0. The van der Waals surface area contributed by atoms with Gasteiger partial charge in [0.1, 0.15) is 12.1 Å². The van der Waals surface area contributed by atoms with Crippen LogP contribution in [0.4, 0.5) is 0 Å². The number of carboxylic acid groups (broad SMARTS) is 3. The Bertz CT molecular complexity index is 806. The van der Waals surface area contributed by atoms with E-state index in [1.54, 1.807) is 0 Å². The van der Waals surface area contributed by atoms with Gasteiger partial charge in [-0.2, -0.15) is 0 Å². The van der Waals surface area contributed by atoms with Gasteiger partial charge in [0.2, 0.25) is 5.91 Å². The maximum Gasteiger partial charge on any atom is 0.326 e. The summed E-state index contributed by atoms with van der Waals surface area (Å²) in [5.41, 5.74) is 0.989. The van der Waals surface area contributed by atoms with Crippen LogP contribution in [0.5, 0.6) is 0 Å². The van der Waals surface area contributed by atoms with Gasteiger partial charge < -0.3 is 31.7 Å². The number of hydrogen-bond acceptors (Lipinski definition) is 7. The Hall–Kier alpha value is -3.02. The lowest BCUT2D eigenvalue weighted by Crippen LogP contribution is -2.54. The van der Waals surface area contributed by atoms with Gasteiger partial charge in [0.15, 0.2) is 0 Å². The number of benzene rings is 1. The molecule has 11 heteroatoms. The largest absolute Gasteiger partial charge is 0.480 e. The Balaban J connectivity index is 0.00000578. The zero-order valence-electron chi connectivity index (χ0n) is 19.3. The molecule has 3 atom stereocenters. The fourth-order valence-corrected chi connectivity index (χ4v) is 4.04. The van der Waals surface area contributed by atoms with E-state index >= 15 is 0 Å². The van der Waals surface area contributed by atoms with Crippen LogP contribution in [0.2, 0.25) is 0 Å². The van der Waals surface area contributed by atoms with Crippen molar-refractivity contribution in [3.05, 3.63) is 35.9 Å². The van der Waals surface area contributed by atoms with Crippen molar-refractivity contribution in [3.8, 4) is 0 Å². The molecule has 11 nitrogen and oxygen atoms in total. The van der Waals surface area contributed by atoms with Gasteiger partial charge in [0, 0.05) is 6.54 Å². The van der Waals surface area contributed by atoms with Crippen molar-refractivity contribution in [1.29, 1.82) is 0 Å². The molecular formula is C23H36N4O7. The number of carboxylic acids is 3. The molecule has 1 aromatic carbocycles. The lowest BCUT2D eigenvalue weighted by molar-refractivity contribution is -0.149. The number of amides is 1. The highest BCUT2D eigenvalue weighted by molar-refractivity contribution is 5.88. The number of unbranched alkanes of at least 4 members (excludes halogenated alkanes) is 1. The summed E-state index contributed by atoms with van der Waals surface area (Å²) in [6, 6.07) is 6.76. The molecule has 1 aliphatic heterocycles. The summed E-state index contributed by atoms with van der Waals surface area (Å²) in [6.07, 6.45) is 3.24. The van der Waals surface area contributed by atoms with Crippen LogP contribution in [0.1, 0.15) is 44.1 Å². The van der Waals surface area contributed by atoms with E-state index in [0.717, 1.165) is 5.56 Å². The van der Waals surface area contributed by atoms with E-state index in [2.05, 4.69) is 10.6 Å². The average Bonchev–Trinajstić information content (AvgIpc) is 3.27. The molecule has 0 saturated carbocycles. The lowest BCUT2D eigenvalue weighted by Gasteiger charge is -2.29. The van der Waals surface area contributed by atoms with Crippen molar-refractivity contribution in [1.82, 2.24) is 21.7 Å². The third kappa shape index (κ3) is 9.46. The van der Waals surface area contributed by atoms with Gasteiger partial charge in [-0.3, -0.25) is 19.7 Å². The minimum atomic E-state index is -1.07. The van der Waals surface area contributed by atoms with Crippen LogP contribution in [0.15, 0.2) is 30.3 Å². The number of hydrogen-bond donors (Lipinski definition) is 6. The Morgan fingerprint density at radius 3 is 2.32 bits per heavy atom. The molecule has 1 saturated heterocycles. The highest BCUT2D eigenvalue weighted by atomic mass is 16.4. The Labute approximate surface area is 199 Å². The second-order valence-corrected chi connectivity index (χ2v) is 8.23. The maximum atomic E-state index is 13.2. The number of aliphatic carboxylic acids is 3. The molecule has 0 unspecified atom stereocenters. The van der Waals surface area contributed by atoms with Gasteiger partial charge in [-0.15, -0.1) is 0 Å². The molecule has 2 rings (SSSR count). The third-order valence-electron chi connectivity index (χ3n) is 5.76. The van der Waals surface area contributed by atoms with Crippen molar-refractivity contribution in [2.45, 2.75) is 63.1 Å². The van der Waals surface area contributed by atoms with Crippen molar-refractivity contribution < 1.29 is 34.5 Å². The quantitative estimate of drug-likeness (QED) is 0.198. The molecule has 0 aromatic heterocycles. The average molecular weight is 481 g/mol. The van der Waals surface area contributed by atoms with Crippen molar-refractivity contribution in [2.24, 2.45) is 0 Å². The molecule has 1 amide bonds. The Morgan fingerprint density at radius 1 is 1.00 bits per heavy atom. The normalized spacial score (nSPS) is 16.9. The zero-order chi connectivity index (χ0) is 24.2. The molecule has 1 fully saturated rings. The van der Waals surface area contributed by atoms with E-state index in [1.807, 2.05) is 30.3 Å². The van der Waals surface area contributed by atoms with E-state index in [0.29, 0.717) is 51.6 Å². The van der Waals surface area contributed by atoms with Gasteiger partial charge in [0.05, 0.1) is 12.6 Å². The summed E-state index contributed by atoms with van der Waals surface area (Å²) in [5.74, 6) is -3.48. The predicted molar refractivity (Wildman–Crippen MR) is 125 cm³/mol. The zero-order valence-corrected chi connectivity index (χ0v) is 19.3. The molecular weight excluding hydrogens is 444 g/mol. The second kappa shape index (κ2) is 15.0. The highest BCUT2D eigenvalue weighted by Crippen LogP contribution is 2.20. The van der Waals surface area contributed by atoms with Gasteiger partial charge in [-0.05, 0) is 50.6 Å². The number of nitrogens with zero attached hydrogens (tertiary/aromatic N) is 1. The fraction of sp³-hybridized carbons (Fsp3) is 0.565. The maximum absolute atomic E-state index is 13.2. The summed E-state index contributed by atoms with van der Waals surface area (Å²) in [5, 5.41) is 33.6. The number of aryl methyl sites for hydroxylation is 1.